The lowest BCUT2D eigenvalue weighted by molar-refractivity contribution is -0.119. The third kappa shape index (κ3) is 7.03. The highest BCUT2D eigenvalue weighted by Crippen LogP contribution is 2.33. The molecule has 0 bridgehead atoms. The number of nitrogens with one attached hydrogen (secondary N) is 1. The van der Waals surface area contributed by atoms with E-state index in [1.807, 2.05) is 0 Å². The third-order valence-corrected chi connectivity index (χ3v) is 5.12. The Labute approximate surface area is 182 Å². The van der Waals surface area contributed by atoms with E-state index in [9.17, 15) is 13.2 Å². The van der Waals surface area contributed by atoms with Gasteiger partial charge in [0.15, 0.2) is 0 Å². The summed E-state index contributed by atoms with van der Waals surface area (Å²) in [4.78, 5) is 12.3. The van der Waals surface area contributed by atoms with Crippen LogP contribution >= 0.6 is 0 Å². The zero-order chi connectivity index (χ0) is 22.9. The summed E-state index contributed by atoms with van der Waals surface area (Å²) in [5.74, 6) is 0.799. The monoisotopic (exact) mass is 447 g/mol. The molecule has 166 valence electrons. The van der Waals surface area contributed by atoms with Crippen LogP contribution in [0.25, 0.3) is 0 Å². The number of sulfonamides is 1. The summed E-state index contributed by atoms with van der Waals surface area (Å²) in [6, 6.07) is 11.7. The van der Waals surface area contributed by atoms with Gasteiger partial charge >= 0.3 is 0 Å². The Morgan fingerprint density at radius 1 is 1.13 bits per heavy atom. The smallest absolute Gasteiger partial charge is 0.260 e. The Hall–Kier alpha value is -3.53. The van der Waals surface area contributed by atoms with E-state index >= 15 is 0 Å². The molecule has 0 radical (unpaired) electrons. The van der Waals surface area contributed by atoms with Crippen molar-refractivity contribution in [2.45, 2.75) is 0 Å². The highest BCUT2D eigenvalue weighted by atomic mass is 32.2. The lowest BCUT2D eigenvalue weighted by atomic mass is 10.2. The number of anilines is 1. The van der Waals surface area contributed by atoms with Crippen molar-refractivity contribution < 1.29 is 27.4 Å². The molecular weight excluding hydrogens is 422 g/mol. The molecule has 0 saturated carbocycles. The second-order valence-electron chi connectivity index (χ2n) is 6.27. The minimum atomic E-state index is -3.78. The molecule has 0 aliphatic carbocycles. The van der Waals surface area contributed by atoms with Crippen molar-refractivity contribution in [3.05, 3.63) is 60.7 Å². The summed E-state index contributed by atoms with van der Waals surface area (Å²) in [5, 5.41) is 3.88. The molecule has 2 aromatic carbocycles. The summed E-state index contributed by atoms with van der Waals surface area (Å²) in [7, 11) is -0.894. The maximum Gasteiger partial charge on any atom is 0.260 e. The van der Waals surface area contributed by atoms with E-state index in [0.717, 1.165) is 16.1 Å². The first-order chi connectivity index (χ1) is 14.8. The molecule has 10 heteroatoms. The van der Waals surface area contributed by atoms with Gasteiger partial charge in [0.1, 0.15) is 30.4 Å². The Morgan fingerprint density at radius 2 is 1.81 bits per heavy atom. The molecule has 0 spiro atoms. The first-order valence-electron chi connectivity index (χ1n) is 9.14. The number of methoxy groups -OCH3 is 2. The first-order valence-corrected chi connectivity index (χ1v) is 11.0. The molecule has 0 aliphatic rings. The predicted octanol–water partition coefficient (Wildman–Crippen LogP) is 2.18. The van der Waals surface area contributed by atoms with E-state index in [0.29, 0.717) is 18.1 Å². The molecule has 0 heterocycles. The zero-order valence-corrected chi connectivity index (χ0v) is 18.4. The fourth-order valence-electron chi connectivity index (χ4n) is 2.52. The number of carbonyl (C=O) groups is 1. The lowest BCUT2D eigenvalue weighted by Gasteiger charge is -2.23. The van der Waals surface area contributed by atoms with E-state index in [1.54, 1.807) is 36.4 Å². The number of rotatable bonds is 11. The molecule has 0 saturated heterocycles. The van der Waals surface area contributed by atoms with Crippen LogP contribution in [0.5, 0.6) is 17.2 Å². The Kier molecular flexibility index (Phi) is 8.44. The molecule has 2 aromatic rings. The van der Waals surface area contributed by atoms with Gasteiger partial charge < -0.3 is 14.2 Å². The summed E-state index contributed by atoms with van der Waals surface area (Å²) < 4.78 is 41.3. The average Bonchev–Trinajstić information content (AvgIpc) is 2.75. The van der Waals surface area contributed by atoms with Crippen LogP contribution in [0.3, 0.4) is 0 Å². The maximum absolute atomic E-state index is 12.3. The summed E-state index contributed by atoms with van der Waals surface area (Å²) in [5.41, 5.74) is 3.26. The van der Waals surface area contributed by atoms with Crippen LogP contribution in [0.1, 0.15) is 5.56 Å². The van der Waals surface area contributed by atoms with Crippen molar-refractivity contribution in [2.75, 3.05) is 37.9 Å². The second-order valence-corrected chi connectivity index (χ2v) is 8.18. The summed E-state index contributed by atoms with van der Waals surface area (Å²) in [6.45, 7) is 3.51. The van der Waals surface area contributed by atoms with Crippen LogP contribution in [-0.2, 0) is 14.8 Å². The third-order valence-electron chi connectivity index (χ3n) is 3.99. The molecule has 2 rings (SSSR count). The van der Waals surface area contributed by atoms with Gasteiger partial charge in [-0.15, -0.1) is 0 Å². The van der Waals surface area contributed by atoms with E-state index in [-0.39, 0.29) is 11.4 Å². The number of nitrogens with zero attached hydrogens (tertiary/aromatic N) is 2. The highest BCUT2D eigenvalue weighted by Gasteiger charge is 2.24. The fraction of sp³-hybridized carbons (Fsp3) is 0.238. The Morgan fingerprint density at radius 3 is 2.39 bits per heavy atom. The number of hydrazone groups is 1. The van der Waals surface area contributed by atoms with Gasteiger partial charge in [-0.05, 0) is 42.0 Å². The van der Waals surface area contributed by atoms with Crippen LogP contribution < -0.4 is 23.9 Å². The minimum absolute atomic E-state index is 0.208. The summed E-state index contributed by atoms with van der Waals surface area (Å²) in [6.07, 6.45) is 4.09. The average molecular weight is 448 g/mol. The van der Waals surface area contributed by atoms with Crippen LogP contribution in [-0.4, -0.2) is 54.2 Å². The van der Waals surface area contributed by atoms with E-state index in [2.05, 4.69) is 17.1 Å². The van der Waals surface area contributed by atoms with Crippen molar-refractivity contribution in [2.24, 2.45) is 5.10 Å². The topological polar surface area (TPSA) is 107 Å². The fourth-order valence-corrected chi connectivity index (χ4v) is 3.38. The molecule has 1 amide bonds. The maximum atomic E-state index is 12.3. The molecule has 0 aliphatic heterocycles. The van der Waals surface area contributed by atoms with Crippen molar-refractivity contribution in [1.29, 1.82) is 0 Å². The van der Waals surface area contributed by atoms with Crippen LogP contribution in [0, 0.1) is 0 Å². The van der Waals surface area contributed by atoms with Gasteiger partial charge in [-0.1, -0.05) is 12.7 Å². The van der Waals surface area contributed by atoms with E-state index in [1.165, 1.54) is 32.6 Å². The molecule has 0 fully saturated rings. The lowest BCUT2D eigenvalue weighted by Crippen LogP contribution is -2.39. The predicted molar refractivity (Wildman–Crippen MR) is 120 cm³/mol. The van der Waals surface area contributed by atoms with Crippen molar-refractivity contribution in [3.8, 4) is 17.2 Å². The number of hydrogen-bond donors (Lipinski definition) is 1. The first kappa shape index (κ1) is 23.7. The SMILES string of the molecule is C=CCOc1ccc(/C=N\NC(=O)CN(c2ccc(OC)cc2OC)S(C)(=O)=O)cc1. The van der Waals surface area contributed by atoms with Gasteiger partial charge in [0.2, 0.25) is 10.0 Å². The molecule has 31 heavy (non-hydrogen) atoms. The van der Waals surface area contributed by atoms with E-state index in [4.69, 9.17) is 14.2 Å². The quantitative estimate of drug-likeness (QED) is 0.322. The zero-order valence-electron chi connectivity index (χ0n) is 17.6. The van der Waals surface area contributed by atoms with Gasteiger partial charge in [0, 0.05) is 6.07 Å². The second kappa shape index (κ2) is 11.0. The van der Waals surface area contributed by atoms with Crippen LogP contribution in [0.4, 0.5) is 5.69 Å². The van der Waals surface area contributed by atoms with Crippen molar-refractivity contribution in [1.82, 2.24) is 5.43 Å². The van der Waals surface area contributed by atoms with Gasteiger partial charge in [-0.25, -0.2) is 13.8 Å². The Bertz CT molecular complexity index is 1040. The molecule has 0 aromatic heterocycles. The molecule has 1 N–H and O–H groups in total. The van der Waals surface area contributed by atoms with Gasteiger partial charge in [-0.3, -0.25) is 9.10 Å². The largest absolute Gasteiger partial charge is 0.497 e. The normalized spacial score (nSPS) is 11.1. The van der Waals surface area contributed by atoms with Gasteiger partial charge in [0.05, 0.1) is 32.4 Å². The van der Waals surface area contributed by atoms with Crippen LogP contribution in [0.2, 0.25) is 0 Å². The minimum Gasteiger partial charge on any atom is -0.497 e. The highest BCUT2D eigenvalue weighted by molar-refractivity contribution is 7.92. The molecule has 0 unspecified atom stereocenters. The van der Waals surface area contributed by atoms with E-state index < -0.39 is 22.5 Å². The van der Waals surface area contributed by atoms with Gasteiger partial charge in [0.25, 0.3) is 5.91 Å². The number of carbonyl (C=O) groups excluding carboxylic acids is 1. The number of hydrogen-bond acceptors (Lipinski definition) is 7. The number of ether oxygens (including phenoxy) is 3. The Balaban J connectivity index is 2.08. The van der Waals surface area contributed by atoms with Gasteiger partial charge in [-0.2, -0.15) is 5.10 Å². The molecule has 0 atom stereocenters. The van der Waals surface area contributed by atoms with Crippen LogP contribution in [0.15, 0.2) is 60.2 Å². The van der Waals surface area contributed by atoms with Crippen molar-refractivity contribution >= 4 is 27.8 Å². The number of benzene rings is 2. The van der Waals surface area contributed by atoms with Crippen molar-refractivity contribution in [3.63, 3.8) is 0 Å². The molecule has 9 nitrogen and oxygen atoms in total. The summed E-state index contributed by atoms with van der Waals surface area (Å²) >= 11 is 0. The molecular formula is C21H25N3O6S. The standard InChI is InChI=1S/C21H25N3O6S/c1-5-12-30-17-8-6-16(7-9-17)14-22-23-21(25)15-24(31(4,26)27)19-11-10-18(28-2)13-20(19)29-3/h5-11,13-14H,1,12,15H2,2-4H3,(H,23,25)/b22-14-. The number of amides is 1.